The summed E-state index contributed by atoms with van der Waals surface area (Å²) in [4.78, 5) is 14.3. The summed E-state index contributed by atoms with van der Waals surface area (Å²) in [5, 5.41) is 2.89. The Bertz CT molecular complexity index is 811. The molecule has 2 rings (SSSR count). The Morgan fingerprint density at radius 1 is 1.14 bits per heavy atom. The monoisotopic (exact) mass is 404 g/mol. The van der Waals surface area contributed by atoms with E-state index >= 15 is 0 Å². The summed E-state index contributed by atoms with van der Waals surface area (Å²) < 4.78 is 34.7. The maximum atomic E-state index is 12.5. The van der Waals surface area contributed by atoms with Crippen LogP contribution in [0.5, 0.6) is 11.5 Å². The highest BCUT2D eigenvalue weighted by Gasteiger charge is 2.14. The predicted molar refractivity (Wildman–Crippen MR) is 109 cm³/mol. The zero-order chi connectivity index (χ0) is 21.2. The number of likely N-dealkylation sites (N-methyl/N-ethyl adjacent to an activating group) is 1. The largest absolute Gasteiger partial charge is 0.490 e. The van der Waals surface area contributed by atoms with Gasteiger partial charge in [-0.1, -0.05) is 36.4 Å². The number of halogens is 2. The van der Waals surface area contributed by atoms with Gasteiger partial charge < -0.3 is 19.7 Å². The highest BCUT2D eigenvalue weighted by atomic mass is 19.3. The molecule has 0 aliphatic carbocycles. The molecule has 5 nitrogen and oxygen atoms in total. The van der Waals surface area contributed by atoms with Crippen molar-refractivity contribution >= 4 is 12.0 Å². The van der Waals surface area contributed by atoms with Gasteiger partial charge in [0.15, 0.2) is 11.5 Å². The van der Waals surface area contributed by atoms with Gasteiger partial charge in [0.1, 0.15) is 0 Å². The van der Waals surface area contributed by atoms with E-state index in [9.17, 15) is 13.6 Å². The zero-order valence-corrected chi connectivity index (χ0v) is 16.8. The molecule has 0 bridgehead atoms. The van der Waals surface area contributed by atoms with Crippen molar-refractivity contribution in [1.82, 2.24) is 10.2 Å². The number of benzene rings is 2. The van der Waals surface area contributed by atoms with Crippen molar-refractivity contribution < 1.29 is 23.0 Å². The number of nitrogens with zero attached hydrogens (tertiary/aromatic N) is 1. The fourth-order valence-electron chi connectivity index (χ4n) is 2.79. The Morgan fingerprint density at radius 3 is 2.48 bits per heavy atom. The molecule has 0 aliphatic heterocycles. The maximum absolute atomic E-state index is 12.5. The zero-order valence-electron chi connectivity index (χ0n) is 16.8. The summed E-state index contributed by atoms with van der Waals surface area (Å²) >= 11 is 0. The maximum Gasteiger partial charge on any atom is 0.387 e. The standard InChI is InChI=1S/C22H26F2N2O3/c1-4-28-20-14-16(10-12-19(20)29-22(23)24)11-13-21(27)25-15-18(26(2)3)17-8-6-5-7-9-17/h5-14,18,22H,4,15H2,1-3H3,(H,25,27)/b13-11+. The summed E-state index contributed by atoms with van der Waals surface area (Å²) in [5.74, 6) is -0.0918. The van der Waals surface area contributed by atoms with Gasteiger partial charge in [0.05, 0.1) is 12.6 Å². The van der Waals surface area contributed by atoms with E-state index in [0.717, 1.165) is 5.56 Å². The molecule has 1 atom stereocenters. The van der Waals surface area contributed by atoms with Crippen molar-refractivity contribution in [2.24, 2.45) is 0 Å². The first-order chi connectivity index (χ1) is 13.9. The van der Waals surface area contributed by atoms with Crippen molar-refractivity contribution in [3.63, 3.8) is 0 Å². The van der Waals surface area contributed by atoms with Crippen molar-refractivity contribution in [3.05, 3.63) is 65.7 Å². The minimum Gasteiger partial charge on any atom is -0.490 e. The molecular formula is C22H26F2N2O3. The molecule has 0 spiro atoms. The third-order valence-electron chi connectivity index (χ3n) is 4.19. The third-order valence-corrected chi connectivity index (χ3v) is 4.19. The molecule has 0 heterocycles. The topological polar surface area (TPSA) is 50.8 Å². The Labute approximate surface area is 169 Å². The first kappa shape index (κ1) is 22.4. The van der Waals surface area contributed by atoms with Crippen molar-refractivity contribution in [2.45, 2.75) is 19.6 Å². The molecule has 1 unspecified atom stereocenters. The van der Waals surface area contributed by atoms with Gasteiger partial charge in [-0.05, 0) is 50.4 Å². The summed E-state index contributed by atoms with van der Waals surface area (Å²) in [6, 6.07) is 14.5. The molecule has 0 saturated heterocycles. The van der Waals surface area contributed by atoms with Crippen LogP contribution in [0.4, 0.5) is 8.78 Å². The lowest BCUT2D eigenvalue weighted by Crippen LogP contribution is -2.33. The lowest BCUT2D eigenvalue weighted by atomic mass is 10.1. The number of alkyl halides is 2. The lowest BCUT2D eigenvalue weighted by molar-refractivity contribution is -0.116. The Hall–Kier alpha value is -2.93. The molecule has 0 saturated carbocycles. The first-order valence-electron chi connectivity index (χ1n) is 9.29. The van der Waals surface area contributed by atoms with E-state index < -0.39 is 6.61 Å². The minimum atomic E-state index is -2.93. The molecule has 0 aromatic heterocycles. The number of hydrogen-bond acceptors (Lipinski definition) is 4. The van der Waals surface area contributed by atoms with Gasteiger partial charge in [-0.15, -0.1) is 0 Å². The number of carbonyl (C=O) groups is 1. The molecule has 2 aromatic carbocycles. The second kappa shape index (κ2) is 11.2. The van der Waals surface area contributed by atoms with E-state index in [1.165, 1.54) is 12.1 Å². The summed E-state index contributed by atoms with van der Waals surface area (Å²) in [6.45, 7) is -0.434. The molecular weight excluding hydrogens is 378 g/mol. The van der Waals surface area contributed by atoms with Crippen LogP contribution in [-0.4, -0.2) is 44.7 Å². The molecule has 29 heavy (non-hydrogen) atoms. The average molecular weight is 404 g/mol. The van der Waals surface area contributed by atoms with Crippen LogP contribution in [0.2, 0.25) is 0 Å². The molecule has 0 aliphatic rings. The van der Waals surface area contributed by atoms with Crippen LogP contribution in [0.1, 0.15) is 24.1 Å². The summed E-state index contributed by atoms with van der Waals surface area (Å²) in [5.41, 5.74) is 1.75. The van der Waals surface area contributed by atoms with Gasteiger partial charge in [-0.3, -0.25) is 4.79 Å². The van der Waals surface area contributed by atoms with Crippen LogP contribution in [0.25, 0.3) is 6.08 Å². The number of amides is 1. The summed E-state index contributed by atoms with van der Waals surface area (Å²) in [7, 11) is 3.91. The number of carbonyl (C=O) groups excluding carboxylic acids is 1. The van der Waals surface area contributed by atoms with Crippen LogP contribution in [0.3, 0.4) is 0 Å². The molecule has 156 valence electrons. The minimum absolute atomic E-state index is 0.0415. The van der Waals surface area contributed by atoms with E-state index in [1.54, 1.807) is 25.1 Å². The van der Waals surface area contributed by atoms with Gasteiger partial charge in [0.25, 0.3) is 0 Å². The Balaban J connectivity index is 2.01. The normalized spacial score (nSPS) is 12.4. The van der Waals surface area contributed by atoms with E-state index in [0.29, 0.717) is 18.7 Å². The molecule has 2 aromatic rings. The molecule has 1 amide bonds. The number of rotatable bonds is 10. The molecule has 1 N–H and O–H groups in total. The summed E-state index contributed by atoms with van der Waals surface area (Å²) in [6.07, 6.45) is 2.99. The molecule has 7 heteroatoms. The van der Waals surface area contributed by atoms with E-state index in [2.05, 4.69) is 10.1 Å². The van der Waals surface area contributed by atoms with Gasteiger partial charge >= 0.3 is 6.61 Å². The van der Waals surface area contributed by atoms with E-state index in [4.69, 9.17) is 4.74 Å². The van der Waals surface area contributed by atoms with E-state index in [1.807, 2.05) is 49.3 Å². The van der Waals surface area contributed by atoms with E-state index in [-0.39, 0.29) is 23.4 Å². The fourth-order valence-corrected chi connectivity index (χ4v) is 2.79. The third kappa shape index (κ3) is 7.19. The molecule has 0 fully saturated rings. The molecule has 0 radical (unpaired) electrons. The second-order valence-electron chi connectivity index (χ2n) is 6.49. The Morgan fingerprint density at radius 2 is 1.86 bits per heavy atom. The van der Waals surface area contributed by atoms with Crippen LogP contribution >= 0.6 is 0 Å². The number of hydrogen-bond donors (Lipinski definition) is 1. The first-order valence-corrected chi connectivity index (χ1v) is 9.29. The van der Waals surface area contributed by atoms with Crippen molar-refractivity contribution in [3.8, 4) is 11.5 Å². The Kier molecular flexibility index (Phi) is 8.61. The van der Waals surface area contributed by atoms with Gasteiger partial charge in [-0.25, -0.2) is 0 Å². The quantitative estimate of drug-likeness (QED) is 0.606. The lowest BCUT2D eigenvalue weighted by Gasteiger charge is -2.24. The van der Waals surface area contributed by atoms with Crippen LogP contribution < -0.4 is 14.8 Å². The number of ether oxygens (including phenoxy) is 2. The van der Waals surface area contributed by atoms with Gasteiger partial charge in [-0.2, -0.15) is 8.78 Å². The number of nitrogens with one attached hydrogen (secondary N) is 1. The van der Waals surface area contributed by atoms with Crippen molar-refractivity contribution in [2.75, 3.05) is 27.2 Å². The smallest absolute Gasteiger partial charge is 0.387 e. The van der Waals surface area contributed by atoms with Crippen LogP contribution in [-0.2, 0) is 4.79 Å². The van der Waals surface area contributed by atoms with Gasteiger partial charge in [0.2, 0.25) is 5.91 Å². The highest BCUT2D eigenvalue weighted by Crippen LogP contribution is 2.30. The average Bonchev–Trinajstić information content (AvgIpc) is 2.68. The SMILES string of the molecule is CCOc1cc(/C=C/C(=O)NCC(c2ccccc2)N(C)C)ccc1OC(F)F. The van der Waals surface area contributed by atoms with Crippen molar-refractivity contribution in [1.29, 1.82) is 0 Å². The fraction of sp³-hybridized carbons (Fsp3) is 0.318. The van der Waals surface area contributed by atoms with Crippen LogP contribution in [0.15, 0.2) is 54.6 Å². The second-order valence-corrected chi connectivity index (χ2v) is 6.49. The highest BCUT2D eigenvalue weighted by molar-refractivity contribution is 5.91. The van der Waals surface area contributed by atoms with Gasteiger partial charge in [0, 0.05) is 12.6 Å². The van der Waals surface area contributed by atoms with Crippen LogP contribution in [0, 0.1) is 0 Å². The predicted octanol–water partition coefficient (Wildman–Crippen LogP) is 4.12.